The second-order valence-corrected chi connectivity index (χ2v) is 11.6. The highest BCUT2D eigenvalue weighted by molar-refractivity contribution is 7.92. The smallest absolute Gasteiger partial charge is 0.264 e. The van der Waals surface area contributed by atoms with Crippen molar-refractivity contribution in [2.75, 3.05) is 17.4 Å². The van der Waals surface area contributed by atoms with E-state index < -0.39 is 28.5 Å². The third kappa shape index (κ3) is 7.26. The zero-order chi connectivity index (χ0) is 28.6. The molecule has 0 unspecified atom stereocenters. The molecule has 0 aliphatic rings. The quantitative estimate of drug-likeness (QED) is 0.339. The molecule has 0 radical (unpaired) electrons. The maximum Gasteiger partial charge on any atom is 0.264 e. The lowest BCUT2D eigenvalue weighted by Crippen LogP contribution is -2.52. The summed E-state index contributed by atoms with van der Waals surface area (Å²) in [5, 5.41) is 2.91. The fraction of sp³-hybridized carbons (Fsp3) is 0.355. The van der Waals surface area contributed by atoms with Gasteiger partial charge in [0.25, 0.3) is 10.0 Å². The third-order valence-electron chi connectivity index (χ3n) is 6.81. The maximum absolute atomic E-state index is 14.1. The minimum atomic E-state index is -4.08. The van der Waals surface area contributed by atoms with Gasteiger partial charge in [-0.05, 0) is 68.5 Å². The van der Waals surface area contributed by atoms with Gasteiger partial charge in [-0.2, -0.15) is 0 Å². The maximum atomic E-state index is 14.1. The highest BCUT2D eigenvalue weighted by atomic mass is 32.2. The van der Waals surface area contributed by atoms with Crippen LogP contribution < -0.4 is 9.62 Å². The number of benzene rings is 3. The fourth-order valence-corrected chi connectivity index (χ4v) is 5.93. The Hall–Kier alpha value is -3.65. The predicted molar refractivity (Wildman–Crippen MR) is 156 cm³/mol. The second kappa shape index (κ2) is 13.4. The van der Waals surface area contributed by atoms with E-state index in [1.54, 1.807) is 36.4 Å². The first-order valence-electron chi connectivity index (χ1n) is 13.4. The molecule has 8 heteroatoms. The van der Waals surface area contributed by atoms with Crippen LogP contribution in [0.25, 0.3) is 0 Å². The fourth-order valence-electron chi connectivity index (χ4n) is 4.45. The van der Waals surface area contributed by atoms with E-state index in [0.717, 1.165) is 33.0 Å². The summed E-state index contributed by atoms with van der Waals surface area (Å²) in [5.41, 5.74) is 3.96. The first-order valence-corrected chi connectivity index (χ1v) is 14.8. The van der Waals surface area contributed by atoms with Gasteiger partial charge in [-0.3, -0.25) is 13.9 Å². The number of nitrogens with one attached hydrogen (secondary N) is 1. The summed E-state index contributed by atoms with van der Waals surface area (Å²) in [6, 6.07) is 20.6. The normalized spacial score (nSPS) is 12.0. The molecular weight excluding hydrogens is 510 g/mol. The monoisotopic (exact) mass is 549 g/mol. The summed E-state index contributed by atoms with van der Waals surface area (Å²) in [5.74, 6) is -0.694. The zero-order valence-corrected chi connectivity index (χ0v) is 24.3. The third-order valence-corrected chi connectivity index (χ3v) is 8.58. The number of carbonyl (C=O) groups excluding carboxylic acids is 2. The summed E-state index contributed by atoms with van der Waals surface area (Å²) >= 11 is 0. The minimum absolute atomic E-state index is 0.0994. The number of nitrogens with zero attached hydrogens (tertiary/aromatic N) is 2. The van der Waals surface area contributed by atoms with E-state index in [1.807, 2.05) is 71.0 Å². The van der Waals surface area contributed by atoms with Crippen molar-refractivity contribution in [2.45, 2.75) is 64.9 Å². The second-order valence-electron chi connectivity index (χ2n) is 9.77. The van der Waals surface area contributed by atoms with Crippen molar-refractivity contribution in [3.05, 3.63) is 95.1 Å². The molecule has 0 bridgehead atoms. The molecule has 7 nitrogen and oxygen atoms in total. The topological polar surface area (TPSA) is 86.8 Å². The molecule has 1 N–H and O–H groups in total. The van der Waals surface area contributed by atoms with Gasteiger partial charge in [-0.25, -0.2) is 8.42 Å². The number of para-hydroxylation sites is 1. The van der Waals surface area contributed by atoms with Crippen molar-refractivity contribution in [3.63, 3.8) is 0 Å². The number of rotatable bonds is 12. The Morgan fingerprint density at radius 1 is 0.846 bits per heavy atom. The first kappa shape index (κ1) is 29.9. The summed E-state index contributed by atoms with van der Waals surface area (Å²) in [4.78, 5) is 28.9. The molecule has 39 heavy (non-hydrogen) atoms. The summed E-state index contributed by atoms with van der Waals surface area (Å²) < 4.78 is 29.1. The van der Waals surface area contributed by atoms with Crippen LogP contribution in [0.1, 0.15) is 48.9 Å². The standard InChI is InChI=1S/C31H39N3O4S/c1-6-20-32-31(36)28(7-2)33(21-26-14-10-8-12-24(26)4)30(35)22-34(29-15-11-9-13-25(29)5)39(37,38)27-18-16-23(3)17-19-27/h8-19,28H,6-7,20-22H2,1-5H3,(H,32,36)/t28-/m1/s1. The molecule has 2 amide bonds. The van der Waals surface area contributed by atoms with Crippen molar-refractivity contribution in [1.29, 1.82) is 0 Å². The van der Waals surface area contributed by atoms with Gasteiger partial charge >= 0.3 is 0 Å². The van der Waals surface area contributed by atoms with Gasteiger partial charge in [-0.1, -0.05) is 74.0 Å². The molecule has 0 heterocycles. The first-order chi connectivity index (χ1) is 18.6. The molecule has 1 atom stereocenters. The Kier molecular flexibility index (Phi) is 10.3. The SMILES string of the molecule is CCCNC(=O)[C@@H](CC)N(Cc1ccccc1C)C(=O)CN(c1ccccc1C)S(=O)(=O)c1ccc(C)cc1. The molecule has 0 aliphatic carbocycles. The van der Waals surface area contributed by atoms with Crippen LogP contribution in [0.3, 0.4) is 0 Å². The van der Waals surface area contributed by atoms with Crippen molar-refractivity contribution in [1.82, 2.24) is 10.2 Å². The Morgan fingerprint density at radius 2 is 1.46 bits per heavy atom. The van der Waals surface area contributed by atoms with Crippen molar-refractivity contribution >= 4 is 27.5 Å². The summed E-state index contributed by atoms with van der Waals surface area (Å²) in [7, 11) is -4.08. The molecule has 0 saturated carbocycles. The van der Waals surface area contributed by atoms with Crippen LogP contribution in [0.4, 0.5) is 5.69 Å². The van der Waals surface area contributed by atoms with Crippen LogP contribution in [0, 0.1) is 20.8 Å². The number of hydrogen-bond donors (Lipinski definition) is 1. The molecule has 0 fully saturated rings. The average Bonchev–Trinajstić information content (AvgIpc) is 2.92. The van der Waals surface area contributed by atoms with Crippen LogP contribution in [0.2, 0.25) is 0 Å². The van der Waals surface area contributed by atoms with E-state index in [-0.39, 0.29) is 17.3 Å². The van der Waals surface area contributed by atoms with Crippen LogP contribution in [-0.4, -0.2) is 44.3 Å². The zero-order valence-electron chi connectivity index (χ0n) is 23.5. The van der Waals surface area contributed by atoms with Gasteiger partial charge in [0, 0.05) is 13.1 Å². The largest absolute Gasteiger partial charge is 0.354 e. The van der Waals surface area contributed by atoms with E-state index in [2.05, 4.69) is 5.32 Å². The number of amides is 2. The van der Waals surface area contributed by atoms with Crippen molar-refractivity contribution < 1.29 is 18.0 Å². The molecule has 208 valence electrons. The Balaban J connectivity index is 2.07. The lowest BCUT2D eigenvalue weighted by molar-refractivity contribution is -0.140. The van der Waals surface area contributed by atoms with Crippen LogP contribution in [-0.2, 0) is 26.2 Å². The van der Waals surface area contributed by atoms with Crippen molar-refractivity contribution in [2.24, 2.45) is 0 Å². The summed E-state index contributed by atoms with van der Waals surface area (Å²) in [6.07, 6.45) is 1.16. The number of sulfonamides is 1. The van der Waals surface area contributed by atoms with Gasteiger partial charge in [0.15, 0.2) is 0 Å². The molecule has 3 rings (SSSR count). The van der Waals surface area contributed by atoms with E-state index in [0.29, 0.717) is 18.7 Å². The molecule has 3 aromatic rings. The molecule has 0 saturated heterocycles. The minimum Gasteiger partial charge on any atom is -0.354 e. The van der Waals surface area contributed by atoms with Gasteiger partial charge in [0.05, 0.1) is 10.6 Å². The van der Waals surface area contributed by atoms with Crippen LogP contribution in [0.5, 0.6) is 0 Å². The number of aryl methyl sites for hydroxylation is 3. The predicted octanol–water partition coefficient (Wildman–Crippen LogP) is 5.14. The lowest BCUT2D eigenvalue weighted by Gasteiger charge is -2.34. The van der Waals surface area contributed by atoms with Gasteiger partial charge in [-0.15, -0.1) is 0 Å². The summed E-state index contributed by atoms with van der Waals surface area (Å²) in [6.45, 7) is 9.73. The van der Waals surface area contributed by atoms with Gasteiger partial charge in [0.2, 0.25) is 11.8 Å². The number of hydrogen-bond acceptors (Lipinski definition) is 4. The Bertz CT molecular complexity index is 1390. The van der Waals surface area contributed by atoms with Crippen LogP contribution in [0.15, 0.2) is 77.7 Å². The van der Waals surface area contributed by atoms with Gasteiger partial charge in [0.1, 0.15) is 12.6 Å². The van der Waals surface area contributed by atoms with Gasteiger partial charge < -0.3 is 10.2 Å². The highest BCUT2D eigenvalue weighted by Crippen LogP contribution is 2.28. The number of carbonyl (C=O) groups is 2. The Labute approximate surface area is 232 Å². The molecule has 0 aliphatic heterocycles. The van der Waals surface area contributed by atoms with Crippen molar-refractivity contribution in [3.8, 4) is 0 Å². The molecular formula is C31H39N3O4S. The van der Waals surface area contributed by atoms with E-state index in [1.165, 1.54) is 4.90 Å². The van der Waals surface area contributed by atoms with E-state index in [4.69, 9.17) is 0 Å². The number of anilines is 1. The molecule has 3 aromatic carbocycles. The Morgan fingerprint density at radius 3 is 2.05 bits per heavy atom. The van der Waals surface area contributed by atoms with Crippen LogP contribution >= 0.6 is 0 Å². The molecule has 0 spiro atoms. The van der Waals surface area contributed by atoms with E-state index >= 15 is 0 Å². The average molecular weight is 550 g/mol. The molecule has 0 aromatic heterocycles. The lowest BCUT2D eigenvalue weighted by atomic mass is 10.1. The highest BCUT2D eigenvalue weighted by Gasteiger charge is 2.34. The van der Waals surface area contributed by atoms with E-state index in [9.17, 15) is 18.0 Å².